The number of hydrogen-bond donors (Lipinski definition) is 5. The van der Waals surface area contributed by atoms with Crippen LogP contribution in [0.4, 0.5) is 0 Å². The number of aliphatic hydroxyl groups is 3. The normalized spacial score (nSPS) is 33.1. The minimum atomic E-state index is -1.98. The summed E-state index contributed by atoms with van der Waals surface area (Å²) in [4.78, 5) is 33.1. The maximum absolute atomic E-state index is 12.4. The van der Waals surface area contributed by atoms with E-state index in [-0.39, 0.29) is 24.7 Å². The molecule has 1 saturated heterocycles. The summed E-state index contributed by atoms with van der Waals surface area (Å²) < 4.78 is 42.1. The first-order valence-electron chi connectivity index (χ1n) is 17.1. The lowest BCUT2D eigenvalue weighted by Gasteiger charge is -2.52. The maximum atomic E-state index is 12.4. The van der Waals surface area contributed by atoms with E-state index >= 15 is 0 Å². The molecule has 6 aliphatic rings. The number of hydrogen-bond acceptors (Lipinski definition) is 16. The van der Waals surface area contributed by atoms with Crippen molar-refractivity contribution in [2.24, 2.45) is 15.7 Å². The van der Waals surface area contributed by atoms with Crippen molar-refractivity contribution in [1.29, 1.82) is 0 Å². The van der Waals surface area contributed by atoms with Crippen LogP contribution in [0, 0.1) is 0 Å². The first-order chi connectivity index (χ1) is 25.5. The molecule has 0 saturated carbocycles. The third-order valence-electron chi connectivity index (χ3n) is 10.5. The number of nitrogens with one attached hydrogen (secondary N) is 1. The van der Waals surface area contributed by atoms with E-state index in [0.29, 0.717) is 36.1 Å². The summed E-state index contributed by atoms with van der Waals surface area (Å²) in [6.45, 7) is 1.36. The Morgan fingerprint density at radius 2 is 1.98 bits per heavy atom. The molecular formula is C36H38N4O13. The number of aliphatic hydroxyl groups excluding tert-OH is 3. The number of esters is 1. The average Bonchev–Trinajstić information content (AvgIpc) is 3.84. The Morgan fingerprint density at radius 1 is 1.15 bits per heavy atom. The number of aliphatic carboxylic acids is 1. The van der Waals surface area contributed by atoms with Crippen LogP contribution in [0.2, 0.25) is 0 Å². The number of carboxylic acids is 1. The number of nitrogens with zero attached hydrogens (tertiary/aromatic N) is 2. The Bertz CT molecular complexity index is 1960. The average molecular weight is 735 g/mol. The molecule has 0 aliphatic carbocycles. The number of allylic oxidation sites excluding steroid dienone is 1. The number of rotatable bonds is 9. The molecule has 1 fully saturated rings. The highest BCUT2D eigenvalue weighted by atomic mass is 16.7. The Labute approximate surface area is 302 Å². The molecule has 6 aliphatic heterocycles. The van der Waals surface area contributed by atoms with E-state index in [9.17, 15) is 30.0 Å². The fourth-order valence-electron chi connectivity index (χ4n) is 8.03. The summed E-state index contributed by atoms with van der Waals surface area (Å²) in [7, 11) is 3.11. The summed E-state index contributed by atoms with van der Waals surface area (Å²) in [6, 6.07) is 7.18. The van der Waals surface area contributed by atoms with Crippen molar-refractivity contribution in [3.63, 3.8) is 0 Å². The number of benzene rings is 2. The molecule has 1 spiro atoms. The largest absolute Gasteiger partial charge is 0.550 e. The zero-order valence-corrected chi connectivity index (χ0v) is 28.7. The Hall–Kier alpha value is -5.04. The van der Waals surface area contributed by atoms with Crippen molar-refractivity contribution in [3.8, 4) is 28.7 Å². The molecule has 8 rings (SSSR count). The van der Waals surface area contributed by atoms with Crippen LogP contribution in [0.3, 0.4) is 0 Å². The van der Waals surface area contributed by atoms with Gasteiger partial charge in [0, 0.05) is 41.6 Å². The van der Waals surface area contributed by atoms with E-state index < -0.39 is 66.9 Å². The van der Waals surface area contributed by atoms with Gasteiger partial charge in [-0.2, -0.15) is 0 Å². The predicted molar refractivity (Wildman–Crippen MR) is 179 cm³/mol. The number of ether oxygens (including phenoxy) is 7. The fourth-order valence-corrected chi connectivity index (χ4v) is 8.03. The molecule has 53 heavy (non-hydrogen) atoms. The van der Waals surface area contributed by atoms with Crippen LogP contribution in [0.25, 0.3) is 0 Å². The molecule has 2 aromatic rings. The van der Waals surface area contributed by atoms with Gasteiger partial charge >= 0.3 is 5.97 Å². The van der Waals surface area contributed by atoms with Crippen molar-refractivity contribution in [2.75, 3.05) is 27.4 Å². The van der Waals surface area contributed by atoms with Crippen LogP contribution >= 0.6 is 0 Å². The zero-order valence-electron chi connectivity index (χ0n) is 28.7. The molecule has 0 bridgehead atoms. The van der Waals surface area contributed by atoms with Gasteiger partial charge in [0.05, 0.1) is 44.7 Å². The molecular weight excluding hydrogens is 696 g/mol. The maximum Gasteiger partial charge on any atom is 0.312 e. The van der Waals surface area contributed by atoms with Crippen LogP contribution in [0.5, 0.6) is 28.7 Å². The summed E-state index contributed by atoms with van der Waals surface area (Å²) in [6.07, 6.45) is -4.67. The number of aliphatic imine (C=N–C) groups is 2. The van der Waals surface area contributed by atoms with Crippen LogP contribution in [0.15, 0.2) is 58.3 Å². The van der Waals surface area contributed by atoms with Gasteiger partial charge < -0.3 is 64.1 Å². The third-order valence-corrected chi connectivity index (χ3v) is 10.5. The highest BCUT2D eigenvalue weighted by Gasteiger charge is 2.62. The number of fused-ring (bicyclic) bond motifs is 6. The summed E-state index contributed by atoms with van der Waals surface area (Å²) in [5, 5.41) is 44.6. The van der Waals surface area contributed by atoms with Crippen molar-refractivity contribution in [2.45, 2.75) is 73.9 Å². The minimum absolute atomic E-state index is 0.171. The number of quaternary nitrogens is 1. The lowest BCUT2D eigenvalue weighted by atomic mass is 9.77. The summed E-state index contributed by atoms with van der Waals surface area (Å²) >= 11 is 0. The molecule has 1 unspecified atom stereocenters. The van der Waals surface area contributed by atoms with E-state index in [0.717, 1.165) is 32.9 Å². The lowest BCUT2D eigenvalue weighted by molar-refractivity contribution is -0.848. The Balaban J connectivity index is 1.14. The van der Waals surface area contributed by atoms with Crippen LogP contribution in [-0.2, 0) is 25.6 Å². The highest BCUT2D eigenvalue weighted by Crippen LogP contribution is 2.57. The standard InChI is InChI=1S/C36H38N4O13/c1-47-22-4-3-19-20-15-49-23-10-18(9-17(13-40-12-16-5-7-38-21(16)14-40)26(23)29(20)52-30(19)31(22)48-2)50-35-28(45)27(44)32(46)36(53-35)6-8-39-34(37)33(36)51-25(43)11-24(41)42/h3-5,7-10,12,20,27-29,32-35,44-46H,6,11,13-15,37H2,1-2H3,(H,41,42)/t20-,27+,28+,29-,32-,33+,34-,35-,36-/m0/s1. The Kier molecular flexibility index (Phi) is 8.87. The van der Waals surface area contributed by atoms with E-state index in [1.54, 1.807) is 32.6 Å². The van der Waals surface area contributed by atoms with Gasteiger partial charge in [0.2, 0.25) is 12.0 Å². The summed E-state index contributed by atoms with van der Waals surface area (Å²) in [5.74, 6) is -0.862. The molecule has 0 radical (unpaired) electrons. The highest BCUT2D eigenvalue weighted by molar-refractivity contribution is 6.06. The molecule has 6 heterocycles. The van der Waals surface area contributed by atoms with Crippen molar-refractivity contribution in [1.82, 2.24) is 0 Å². The monoisotopic (exact) mass is 734 g/mol. The quantitative estimate of drug-likeness (QED) is 0.138. The predicted octanol–water partition coefficient (Wildman–Crippen LogP) is -2.07. The van der Waals surface area contributed by atoms with E-state index in [1.807, 2.05) is 18.2 Å². The zero-order chi connectivity index (χ0) is 37.2. The molecule has 17 nitrogen and oxygen atoms in total. The molecule has 6 N–H and O–H groups in total. The van der Waals surface area contributed by atoms with Crippen LogP contribution in [0.1, 0.15) is 41.6 Å². The van der Waals surface area contributed by atoms with Gasteiger partial charge in [-0.25, -0.2) is 0 Å². The fraction of sp³-hybridized carbons (Fsp3) is 0.444. The van der Waals surface area contributed by atoms with Gasteiger partial charge in [-0.05, 0) is 18.2 Å². The first-order valence-corrected chi connectivity index (χ1v) is 17.1. The third kappa shape index (κ3) is 5.89. The molecule has 2 aromatic carbocycles. The van der Waals surface area contributed by atoms with Gasteiger partial charge in [-0.1, -0.05) is 6.07 Å². The number of carbonyl (C=O) groups excluding carboxylic acids is 2. The smallest absolute Gasteiger partial charge is 0.312 e. The molecule has 10 atom stereocenters. The van der Waals surface area contributed by atoms with E-state index in [2.05, 4.69) is 16.2 Å². The van der Waals surface area contributed by atoms with Gasteiger partial charge in [0.15, 0.2) is 17.6 Å². The van der Waals surface area contributed by atoms with Gasteiger partial charge in [-0.3, -0.25) is 19.7 Å². The van der Waals surface area contributed by atoms with Crippen molar-refractivity contribution in [3.05, 3.63) is 65.0 Å². The van der Waals surface area contributed by atoms with Gasteiger partial charge in [0.25, 0.3) is 0 Å². The lowest BCUT2D eigenvalue weighted by Crippen LogP contribution is -3.05. The van der Waals surface area contributed by atoms with Gasteiger partial charge in [-0.15, -0.1) is 0 Å². The van der Waals surface area contributed by atoms with Crippen molar-refractivity contribution >= 4 is 23.9 Å². The van der Waals surface area contributed by atoms with Crippen LogP contribution < -0.4 is 39.4 Å². The summed E-state index contributed by atoms with van der Waals surface area (Å²) in [5.41, 5.74) is 8.67. The SMILES string of the molecule is COc1ccc2c(c1OC)O[C@@H]1c3c(C[NH+]4C=C5C=CN=C5C4)cc(O[C@H]4O[C@@]5(CC=N[C@H](N)[C@H]5OC(=O)CC(=O)[O-])[C@@H](O)[C@H](O)[C@H]4O)cc3OC[C@@H]21. The van der Waals surface area contributed by atoms with Gasteiger partial charge in [0.1, 0.15) is 72.7 Å². The van der Waals surface area contributed by atoms with Crippen molar-refractivity contribution < 1.29 is 68.1 Å². The second-order valence-corrected chi connectivity index (χ2v) is 13.6. The second kappa shape index (κ2) is 13.4. The van der Waals surface area contributed by atoms with Crippen LogP contribution in [-0.4, -0.2) is 109 Å². The first kappa shape index (κ1) is 35.0. The Morgan fingerprint density at radius 3 is 2.74 bits per heavy atom. The number of nitrogens with two attached hydrogens (primary N) is 1. The molecule has 17 heteroatoms. The number of carbonyl (C=O) groups is 2. The number of carboxylic acid groups (broad SMARTS) is 1. The van der Waals surface area contributed by atoms with E-state index in [1.165, 1.54) is 6.21 Å². The molecule has 0 amide bonds. The second-order valence-electron chi connectivity index (χ2n) is 13.6. The topological polar surface area (TPSA) is 238 Å². The molecule has 0 aromatic heterocycles. The van der Waals surface area contributed by atoms with E-state index in [4.69, 9.17) is 38.9 Å². The molecule has 280 valence electrons. The number of methoxy groups -OCH3 is 2. The minimum Gasteiger partial charge on any atom is -0.550 e.